The van der Waals surface area contributed by atoms with Crippen LogP contribution in [0.1, 0.15) is 5.56 Å². The van der Waals surface area contributed by atoms with Crippen LogP contribution in [0.25, 0.3) is 5.57 Å². The summed E-state index contributed by atoms with van der Waals surface area (Å²) in [7, 11) is 0. The third-order valence-corrected chi connectivity index (χ3v) is 3.55. The van der Waals surface area contributed by atoms with Crippen molar-refractivity contribution in [2.75, 3.05) is 6.61 Å². The summed E-state index contributed by atoms with van der Waals surface area (Å²) in [5.74, 6) is 0.867. The van der Waals surface area contributed by atoms with Gasteiger partial charge in [0.2, 0.25) is 0 Å². The van der Waals surface area contributed by atoms with Gasteiger partial charge in [-0.15, -0.1) is 0 Å². The third kappa shape index (κ3) is 2.58. The van der Waals surface area contributed by atoms with Gasteiger partial charge in [0.05, 0.1) is 0 Å². The van der Waals surface area contributed by atoms with Crippen LogP contribution in [0.3, 0.4) is 0 Å². The summed E-state index contributed by atoms with van der Waals surface area (Å²) in [6.45, 7) is 4.67. The lowest BCUT2D eigenvalue weighted by Crippen LogP contribution is -1.96. The molecule has 0 atom stereocenters. The zero-order chi connectivity index (χ0) is 11.5. The molecule has 0 fully saturated rings. The minimum atomic E-state index is 0.580. The molecule has 1 aliphatic rings. The first-order chi connectivity index (χ1) is 7.68. The average Bonchev–Trinajstić information content (AvgIpc) is 2.29. The van der Waals surface area contributed by atoms with Crippen molar-refractivity contribution >= 4 is 44.1 Å². The molecule has 1 aliphatic heterocycles. The Morgan fingerprint density at radius 3 is 3.00 bits per heavy atom. The van der Waals surface area contributed by atoms with Crippen LogP contribution in [0.4, 0.5) is 0 Å². The van der Waals surface area contributed by atoms with Crippen molar-refractivity contribution in [3.05, 3.63) is 56.6 Å². The van der Waals surface area contributed by atoms with Crippen molar-refractivity contribution in [2.24, 2.45) is 0 Å². The summed E-state index contributed by atoms with van der Waals surface area (Å²) in [4.78, 5) is 0. The van der Waals surface area contributed by atoms with Crippen LogP contribution in [-0.2, 0) is 0 Å². The topological polar surface area (TPSA) is 9.23 Å². The first kappa shape index (κ1) is 11.9. The van der Waals surface area contributed by atoms with Gasteiger partial charge in [-0.3, -0.25) is 0 Å². The summed E-state index contributed by atoms with van der Waals surface area (Å²) in [5, 5.41) is 0. The van der Waals surface area contributed by atoms with E-state index in [1.165, 1.54) is 0 Å². The van der Waals surface area contributed by atoms with Crippen molar-refractivity contribution in [1.29, 1.82) is 0 Å². The van der Waals surface area contributed by atoms with Gasteiger partial charge in [0.15, 0.2) is 0 Å². The number of hydrogen-bond donors (Lipinski definition) is 0. The molecular formula is C13H10BrIO. The van der Waals surface area contributed by atoms with Crippen molar-refractivity contribution < 1.29 is 4.74 Å². The first-order valence-electron chi connectivity index (χ1n) is 4.83. The maximum absolute atomic E-state index is 5.69. The fourth-order valence-electron chi connectivity index (χ4n) is 1.52. The highest BCUT2D eigenvalue weighted by Gasteiger charge is 2.10. The van der Waals surface area contributed by atoms with Gasteiger partial charge in [-0.25, -0.2) is 0 Å². The second-order valence-corrected chi connectivity index (χ2v) is 5.48. The number of benzene rings is 1. The van der Waals surface area contributed by atoms with E-state index in [2.05, 4.69) is 51.2 Å². The molecule has 0 amide bonds. The van der Waals surface area contributed by atoms with Gasteiger partial charge in [0.25, 0.3) is 0 Å². The number of fused-ring (bicyclic) bond motifs is 1. The van der Waals surface area contributed by atoms with Crippen LogP contribution in [-0.4, -0.2) is 6.61 Å². The molecule has 0 saturated heterocycles. The minimum absolute atomic E-state index is 0.580. The Morgan fingerprint density at radius 1 is 1.38 bits per heavy atom. The van der Waals surface area contributed by atoms with E-state index < -0.39 is 0 Å². The predicted molar refractivity (Wildman–Crippen MR) is 79.9 cm³/mol. The molecule has 82 valence electrons. The molecule has 0 spiro atoms. The maximum atomic E-state index is 5.69. The van der Waals surface area contributed by atoms with Crippen LogP contribution >= 0.6 is 38.5 Å². The summed E-state index contributed by atoms with van der Waals surface area (Å²) >= 11 is 5.82. The number of hydrogen-bond acceptors (Lipinski definition) is 1. The molecule has 0 aromatic heterocycles. The van der Waals surface area contributed by atoms with E-state index in [0.29, 0.717) is 6.61 Å². The molecule has 1 heterocycles. The molecule has 2 rings (SSSR count). The van der Waals surface area contributed by atoms with Gasteiger partial charge >= 0.3 is 0 Å². The second kappa shape index (κ2) is 5.19. The number of rotatable bonds is 0. The minimum Gasteiger partial charge on any atom is -0.489 e. The van der Waals surface area contributed by atoms with Crippen molar-refractivity contribution in [1.82, 2.24) is 0 Å². The highest BCUT2D eigenvalue weighted by Crippen LogP contribution is 2.34. The largest absolute Gasteiger partial charge is 0.489 e. The molecular weight excluding hydrogens is 379 g/mol. The van der Waals surface area contributed by atoms with Gasteiger partial charge in [0, 0.05) is 13.6 Å². The van der Waals surface area contributed by atoms with E-state index in [9.17, 15) is 0 Å². The molecule has 3 heteroatoms. The van der Waals surface area contributed by atoms with Crippen molar-refractivity contribution in [3.8, 4) is 5.75 Å². The van der Waals surface area contributed by atoms with Crippen molar-refractivity contribution in [2.45, 2.75) is 0 Å². The summed E-state index contributed by atoms with van der Waals surface area (Å²) < 4.78 is 7.85. The van der Waals surface area contributed by atoms with Crippen LogP contribution in [0.2, 0.25) is 0 Å². The van der Waals surface area contributed by atoms with E-state index >= 15 is 0 Å². The average molecular weight is 389 g/mol. The maximum Gasteiger partial charge on any atom is 0.128 e. The Balaban J connectivity index is 2.56. The molecule has 0 aliphatic carbocycles. The number of halogens is 2. The molecule has 1 nitrogen and oxygen atoms in total. The van der Waals surface area contributed by atoms with Crippen LogP contribution in [0.5, 0.6) is 5.75 Å². The SMILES string of the molecule is C=C1/C=C(I)\C=C/COc2cccc(Br)c21. The van der Waals surface area contributed by atoms with Gasteiger partial charge in [-0.2, -0.15) is 0 Å². The molecule has 0 unspecified atom stereocenters. The predicted octanol–water partition coefficient (Wildman–Crippen LogP) is 4.73. The smallest absolute Gasteiger partial charge is 0.128 e. The molecule has 16 heavy (non-hydrogen) atoms. The Labute approximate surface area is 117 Å². The third-order valence-electron chi connectivity index (χ3n) is 2.22. The fourth-order valence-corrected chi connectivity index (χ4v) is 2.75. The zero-order valence-corrected chi connectivity index (χ0v) is 12.3. The molecule has 1 aromatic rings. The first-order valence-corrected chi connectivity index (χ1v) is 6.70. The molecule has 0 saturated carbocycles. The summed E-state index contributed by atoms with van der Waals surface area (Å²) in [6, 6.07) is 5.93. The van der Waals surface area contributed by atoms with E-state index in [-0.39, 0.29) is 0 Å². The Bertz CT molecular complexity index is 489. The monoisotopic (exact) mass is 388 g/mol. The summed E-state index contributed by atoms with van der Waals surface area (Å²) in [6.07, 6.45) is 6.09. The van der Waals surface area contributed by atoms with Gasteiger partial charge < -0.3 is 4.74 Å². The quantitative estimate of drug-likeness (QED) is 0.584. The van der Waals surface area contributed by atoms with Crippen LogP contribution in [0.15, 0.2) is 51.1 Å². The van der Waals surface area contributed by atoms with Gasteiger partial charge in [-0.1, -0.05) is 28.6 Å². The lowest BCUT2D eigenvalue weighted by atomic mass is 10.1. The molecule has 0 radical (unpaired) electrons. The lowest BCUT2D eigenvalue weighted by Gasteiger charge is -2.11. The van der Waals surface area contributed by atoms with Gasteiger partial charge in [0.1, 0.15) is 12.4 Å². The standard InChI is InChI=1S/C13H10BrIO/c1-9-8-10(15)4-3-7-16-12-6-2-5-11(14)13(9)12/h2-6,8H,1,7H2/b4-3-,10-8+. The van der Waals surface area contributed by atoms with Crippen LogP contribution < -0.4 is 4.74 Å². The fraction of sp³-hybridized carbons (Fsp3) is 0.0769. The van der Waals surface area contributed by atoms with E-state index in [1.807, 2.05) is 30.4 Å². The Kier molecular flexibility index (Phi) is 3.86. The van der Waals surface area contributed by atoms with Gasteiger partial charge in [-0.05, 0) is 58.5 Å². The van der Waals surface area contributed by atoms with E-state index in [1.54, 1.807) is 0 Å². The molecule has 1 aromatic carbocycles. The highest BCUT2D eigenvalue weighted by atomic mass is 127. The van der Waals surface area contributed by atoms with E-state index in [0.717, 1.165) is 24.9 Å². The van der Waals surface area contributed by atoms with Crippen LogP contribution in [0, 0.1) is 0 Å². The van der Waals surface area contributed by atoms with E-state index in [4.69, 9.17) is 4.74 Å². The lowest BCUT2D eigenvalue weighted by molar-refractivity contribution is 0.362. The highest BCUT2D eigenvalue weighted by molar-refractivity contribution is 14.1. The Hall–Kier alpha value is -0.550. The Morgan fingerprint density at radius 2 is 2.19 bits per heavy atom. The second-order valence-electron chi connectivity index (χ2n) is 3.38. The number of allylic oxidation sites excluding steroid dienone is 4. The van der Waals surface area contributed by atoms with Crippen molar-refractivity contribution in [3.63, 3.8) is 0 Å². The molecule has 0 N–H and O–H groups in total. The zero-order valence-electron chi connectivity index (χ0n) is 8.54. The molecule has 0 bridgehead atoms. The normalized spacial score (nSPS) is 20.6. The number of ether oxygens (including phenoxy) is 1. The summed E-state index contributed by atoms with van der Waals surface area (Å²) in [5.41, 5.74) is 1.98.